The molecule has 1 heterocycles. The van der Waals surface area contributed by atoms with Crippen LogP contribution >= 0.6 is 0 Å². The molecule has 0 aliphatic carbocycles. The highest BCUT2D eigenvalue weighted by molar-refractivity contribution is 5.74. The summed E-state index contributed by atoms with van der Waals surface area (Å²) in [6.45, 7) is 8.27. The van der Waals surface area contributed by atoms with Gasteiger partial charge in [-0.05, 0) is 13.0 Å². The molecular formula is C11H23N3O2. The van der Waals surface area contributed by atoms with Crippen LogP contribution in [0, 0.1) is 0 Å². The van der Waals surface area contributed by atoms with Crippen molar-refractivity contribution in [3.8, 4) is 0 Å². The number of urea groups is 1. The van der Waals surface area contributed by atoms with Gasteiger partial charge < -0.3 is 19.9 Å². The van der Waals surface area contributed by atoms with Gasteiger partial charge in [-0.15, -0.1) is 0 Å². The first-order valence-electron chi connectivity index (χ1n) is 6.02. The van der Waals surface area contributed by atoms with Gasteiger partial charge in [-0.25, -0.2) is 4.79 Å². The van der Waals surface area contributed by atoms with Crippen molar-refractivity contribution in [2.24, 2.45) is 0 Å². The fourth-order valence-corrected chi connectivity index (χ4v) is 1.79. The van der Waals surface area contributed by atoms with Crippen LogP contribution in [0.2, 0.25) is 0 Å². The first-order valence-corrected chi connectivity index (χ1v) is 6.02. The molecule has 0 unspecified atom stereocenters. The fraction of sp³-hybridized carbons (Fsp3) is 0.909. The molecule has 94 valence electrons. The zero-order chi connectivity index (χ0) is 11.8. The Labute approximate surface area is 97.7 Å². The van der Waals surface area contributed by atoms with E-state index < -0.39 is 0 Å². The van der Waals surface area contributed by atoms with Crippen molar-refractivity contribution in [3.63, 3.8) is 0 Å². The second-order valence-corrected chi connectivity index (χ2v) is 4.00. The summed E-state index contributed by atoms with van der Waals surface area (Å²) in [6, 6.07) is 0.0619. The average Bonchev–Trinajstić information content (AvgIpc) is 2.34. The van der Waals surface area contributed by atoms with Crippen LogP contribution in [-0.2, 0) is 4.74 Å². The van der Waals surface area contributed by atoms with Crippen LogP contribution in [0.1, 0.15) is 13.3 Å². The smallest absolute Gasteiger partial charge is 0.317 e. The van der Waals surface area contributed by atoms with Crippen molar-refractivity contribution in [1.82, 2.24) is 15.1 Å². The van der Waals surface area contributed by atoms with Gasteiger partial charge >= 0.3 is 6.03 Å². The van der Waals surface area contributed by atoms with E-state index in [4.69, 9.17) is 4.74 Å². The minimum absolute atomic E-state index is 0.0619. The number of carbonyl (C=O) groups excluding carboxylic acids is 1. The number of methoxy groups -OCH3 is 1. The van der Waals surface area contributed by atoms with Crippen molar-refractivity contribution in [2.45, 2.75) is 13.3 Å². The molecule has 0 atom stereocenters. The lowest BCUT2D eigenvalue weighted by atomic mass is 10.3. The number of nitrogens with zero attached hydrogens (tertiary/aromatic N) is 2. The van der Waals surface area contributed by atoms with E-state index in [9.17, 15) is 4.79 Å². The second-order valence-electron chi connectivity index (χ2n) is 4.00. The van der Waals surface area contributed by atoms with Crippen LogP contribution in [-0.4, -0.2) is 68.8 Å². The molecule has 0 aromatic carbocycles. The van der Waals surface area contributed by atoms with Crippen LogP contribution in [0.4, 0.5) is 4.79 Å². The number of hydrogen-bond acceptors (Lipinski definition) is 3. The van der Waals surface area contributed by atoms with Gasteiger partial charge in [-0.1, -0.05) is 6.92 Å². The molecule has 0 aromatic heterocycles. The SMILES string of the molecule is CCN1CCN(C(=O)NCCCOC)CC1. The first-order chi connectivity index (χ1) is 7.77. The summed E-state index contributed by atoms with van der Waals surface area (Å²) in [5.41, 5.74) is 0. The van der Waals surface area contributed by atoms with Crippen LogP contribution in [0.15, 0.2) is 0 Å². The molecule has 0 radical (unpaired) electrons. The predicted molar refractivity (Wildman–Crippen MR) is 63.6 cm³/mol. The zero-order valence-corrected chi connectivity index (χ0v) is 10.4. The maximum absolute atomic E-state index is 11.7. The standard InChI is InChI=1S/C11H23N3O2/c1-3-13-6-8-14(9-7-13)11(15)12-5-4-10-16-2/h3-10H2,1-2H3,(H,12,15). The molecule has 0 bridgehead atoms. The lowest BCUT2D eigenvalue weighted by Gasteiger charge is -2.33. The molecule has 1 rings (SSSR count). The third kappa shape index (κ3) is 4.37. The molecule has 1 saturated heterocycles. The van der Waals surface area contributed by atoms with Gasteiger partial charge in [0.25, 0.3) is 0 Å². The number of piperazine rings is 1. The van der Waals surface area contributed by atoms with E-state index in [1.165, 1.54) is 0 Å². The highest BCUT2D eigenvalue weighted by Gasteiger charge is 2.19. The Morgan fingerprint density at radius 2 is 2.00 bits per heavy atom. The van der Waals surface area contributed by atoms with Gasteiger partial charge in [0.1, 0.15) is 0 Å². The van der Waals surface area contributed by atoms with E-state index in [-0.39, 0.29) is 6.03 Å². The molecule has 1 fully saturated rings. The maximum atomic E-state index is 11.7. The van der Waals surface area contributed by atoms with Gasteiger partial charge in [0.2, 0.25) is 0 Å². The van der Waals surface area contributed by atoms with Gasteiger partial charge in [0.15, 0.2) is 0 Å². The monoisotopic (exact) mass is 229 g/mol. The van der Waals surface area contributed by atoms with E-state index >= 15 is 0 Å². The fourth-order valence-electron chi connectivity index (χ4n) is 1.79. The largest absolute Gasteiger partial charge is 0.385 e. The summed E-state index contributed by atoms with van der Waals surface area (Å²) >= 11 is 0. The van der Waals surface area contributed by atoms with Crippen LogP contribution in [0.25, 0.3) is 0 Å². The minimum Gasteiger partial charge on any atom is -0.385 e. The van der Waals surface area contributed by atoms with Crippen molar-refractivity contribution in [2.75, 3.05) is 53.0 Å². The average molecular weight is 229 g/mol. The van der Waals surface area contributed by atoms with Crippen molar-refractivity contribution >= 4 is 6.03 Å². The van der Waals surface area contributed by atoms with E-state index in [2.05, 4.69) is 17.1 Å². The third-order valence-corrected chi connectivity index (χ3v) is 2.91. The summed E-state index contributed by atoms with van der Waals surface area (Å²) in [6.07, 6.45) is 0.872. The Hall–Kier alpha value is -0.810. The molecule has 0 saturated carbocycles. The van der Waals surface area contributed by atoms with E-state index in [0.29, 0.717) is 13.2 Å². The Bertz CT molecular complexity index is 203. The Kier molecular flexibility index (Phi) is 6.18. The van der Waals surface area contributed by atoms with Gasteiger partial charge in [-0.3, -0.25) is 0 Å². The summed E-state index contributed by atoms with van der Waals surface area (Å²) in [4.78, 5) is 16.0. The first kappa shape index (κ1) is 13.3. The lowest BCUT2D eigenvalue weighted by molar-refractivity contribution is 0.141. The molecule has 0 aromatic rings. The van der Waals surface area contributed by atoms with Crippen LogP contribution in [0.3, 0.4) is 0 Å². The van der Waals surface area contributed by atoms with E-state index in [1.54, 1.807) is 7.11 Å². The molecule has 1 aliphatic rings. The molecule has 16 heavy (non-hydrogen) atoms. The Morgan fingerprint density at radius 3 is 2.56 bits per heavy atom. The molecular weight excluding hydrogens is 206 g/mol. The highest BCUT2D eigenvalue weighted by atomic mass is 16.5. The van der Waals surface area contributed by atoms with E-state index in [0.717, 1.165) is 39.1 Å². The van der Waals surface area contributed by atoms with Gasteiger partial charge in [0, 0.05) is 46.4 Å². The molecule has 5 heteroatoms. The maximum Gasteiger partial charge on any atom is 0.317 e. The number of amides is 2. The number of rotatable bonds is 5. The summed E-state index contributed by atoms with van der Waals surface area (Å²) in [7, 11) is 1.67. The quantitative estimate of drug-likeness (QED) is 0.693. The summed E-state index contributed by atoms with van der Waals surface area (Å²) in [5.74, 6) is 0. The molecule has 1 aliphatic heterocycles. The number of carbonyl (C=O) groups is 1. The van der Waals surface area contributed by atoms with Gasteiger partial charge in [0.05, 0.1) is 0 Å². The Balaban J connectivity index is 2.13. The van der Waals surface area contributed by atoms with Crippen molar-refractivity contribution in [3.05, 3.63) is 0 Å². The van der Waals surface area contributed by atoms with E-state index in [1.807, 2.05) is 4.90 Å². The zero-order valence-electron chi connectivity index (χ0n) is 10.4. The normalized spacial score (nSPS) is 17.5. The number of hydrogen-bond donors (Lipinski definition) is 1. The predicted octanol–water partition coefficient (Wildman–Crippen LogP) is 0.370. The number of likely N-dealkylation sites (N-methyl/N-ethyl adjacent to an activating group) is 1. The van der Waals surface area contributed by atoms with Crippen molar-refractivity contribution < 1.29 is 9.53 Å². The minimum atomic E-state index is 0.0619. The molecule has 1 N–H and O–H groups in total. The van der Waals surface area contributed by atoms with Crippen LogP contribution in [0.5, 0.6) is 0 Å². The number of nitrogens with one attached hydrogen (secondary N) is 1. The molecule has 0 spiro atoms. The Morgan fingerprint density at radius 1 is 1.31 bits per heavy atom. The molecule has 5 nitrogen and oxygen atoms in total. The van der Waals surface area contributed by atoms with Crippen LogP contribution < -0.4 is 5.32 Å². The van der Waals surface area contributed by atoms with Gasteiger partial charge in [-0.2, -0.15) is 0 Å². The molecule has 2 amide bonds. The second kappa shape index (κ2) is 7.46. The summed E-state index contributed by atoms with van der Waals surface area (Å²) < 4.78 is 4.93. The third-order valence-electron chi connectivity index (χ3n) is 2.91. The highest BCUT2D eigenvalue weighted by Crippen LogP contribution is 2.01. The lowest BCUT2D eigenvalue weighted by Crippen LogP contribution is -2.51. The van der Waals surface area contributed by atoms with Crippen molar-refractivity contribution in [1.29, 1.82) is 0 Å². The summed E-state index contributed by atoms with van der Waals surface area (Å²) in [5, 5.41) is 2.91. The topological polar surface area (TPSA) is 44.8 Å². The number of ether oxygens (including phenoxy) is 1.